The van der Waals surface area contributed by atoms with E-state index in [-0.39, 0.29) is 24.3 Å². The van der Waals surface area contributed by atoms with Crippen molar-refractivity contribution in [2.24, 2.45) is 5.73 Å². The number of aliphatic carboxylic acids is 1. The maximum Gasteiger partial charge on any atom is 0.327 e. The Balaban J connectivity index is 2.03. The van der Waals surface area contributed by atoms with Gasteiger partial charge in [0.05, 0.1) is 6.04 Å². The molecule has 0 aliphatic heterocycles. The zero-order chi connectivity index (χ0) is 26.0. The molecular weight excluding hydrogens is 472 g/mol. The van der Waals surface area contributed by atoms with E-state index >= 15 is 0 Å². The van der Waals surface area contributed by atoms with Gasteiger partial charge in [-0.25, -0.2) is 4.79 Å². The Morgan fingerprint density at radius 2 is 1.40 bits per heavy atom. The lowest BCUT2D eigenvalue weighted by molar-refractivity contribution is -0.141. The molecule has 0 saturated carbocycles. The first-order valence-corrected chi connectivity index (χ1v) is 11.6. The predicted molar refractivity (Wildman–Crippen MR) is 133 cm³/mol. The fraction of sp³-hybridized carbons (Fsp3) is 0.333. The van der Waals surface area contributed by atoms with Gasteiger partial charge in [0.15, 0.2) is 0 Å². The Morgan fingerprint density at radius 3 is 1.97 bits per heavy atom. The largest absolute Gasteiger partial charge is 0.508 e. The fourth-order valence-electron chi connectivity index (χ4n) is 3.18. The average Bonchev–Trinajstić information content (AvgIpc) is 2.83. The van der Waals surface area contributed by atoms with Gasteiger partial charge in [0.25, 0.3) is 0 Å². The number of carbonyl (C=O) groups excluding carboxylic acids is 3. The number of rotatable bonds is 12. The minimum absolute atomic E-state index is 0.0928. The van der Waals surface area contributed by atoms with Crippen LogP contribution in [0.25, 0.3) is 0 Å². The number of carboxylic acids is 1. The van der Waals surface area contributed by atoms with Crippen molar-refractivity contribution in [3.63, 3.8) is 0 Å². The standard InChI is InChI=1S/C24H30N4O6S/c1-14(26-22(31)18(25)11-16-7-9-17(29)10-8-16)21(30)27-19(12-15-5-3-2-4-6-15)23(32)28-20(13-35)24(33)34/h2-10,14,18-20,29,35H,11-13,25H2,1H3,(H,26,31)(H,27,30)(H,28,32)(H,33,34)/t14-,18-,19-,20-/m0/s1. The maximum atomic E-state index is 12.8. The molecule has 0 fully saturated rings. The van der Waals surface area contributed by atoms with Gasteiger partial charge in [-0.2, -0.15) is 12.6 Å². The summed E-state index contributed by atoms with van der Waals surface area (Å²) in [5.74, 6) is -3.17. The van der Waals surface area contributed by atoms with Crippen molar-refractivity contribution < 1.29 is 29.4 Å². The van der Waals surface area contributed by atoms with Crippen molar-refractivity contribution in [2.75, 3.05) is 5.75 Å². The number of carbonyl (C=O) groups is 4. The molecule has 2 aromatic rings. The third-order valence-corrected chi connectivity index (χ3v) is 5.56. The van der Waals surface area contributed by atoms with Crippen LogP contribution in [0.1, 0.15) is 18.1 Å². The van der Waals surface area contributed by atoms with Crippen molar-refractivity contribution in [1.29, 1.82) is 0 Å². The number of phenols is 1. The lowest BCUT2D eigenvalue weighted by Gasteiger charge is -2.23. The molecule has 35 heavy (non-hydrogen) atoms. The molecule has 0 bridgehead atoms. The van der Waals surface area contributed by atoms with Gasteiger partial charge in [-0.3, -0.25) is 14.4 Å². The second-order valence-corrected chi connectivity index (χ2v) is 8.41. The summed E-state index contributed by atoms with van der Waals surface area (Å²) in [6.07, 6.45) is 0.304. The number of thiol groups is 1. The molecule has 0 radical (unpaired) electrons. The van der Waals surface area contributed by atoms with Crippen LogP contribution in [0.4, 0.5) is 0 Å². The van der Waals surface area contributed by atoms with Gasteiger partial charge in [0.1, 0.15) is 23.9 Å². The molecule has 3 amide bonds. The maximum absolute atomic E-state index is 12.8. The van der Waals surface area contributed by atoms with E-state index in [0.29, 0.717) is 0 Å². The lowest BCUT2D eigenvalue weighted by atomic mass is 10.0. The minimum Gasteiger partial charge on any atom is -0.508 e. The summed E-state index contributed by atoms with van der Waals surface area (Å²) >= 11 is 3.94. The van der Waals surface area contributed by atoms with Crippen LogP contribution in [0.3, 0.4) is 0 Å². The van der Waals surface area contributed by atoms with Crippen LogP contribution in [0.5, 0.6) is 5.75 Å². The first kappa shape index (κ1) is 27.7. The Kier molecular flexibility index (Phi) is 10.6. The molecule has 0 aromatic heterocycles. The van der Waals surface area contributed by atoms with Crippen LogP contribution in [-0.2, 0) is 32.0 Å². The molecule has 0 heterocycles. The number of nitrogens with one attached hydrogen (secondary N) is 3. The summed E-state index contributed by atoms with van der Waals surface area (Å²) in [5.41, 5.74) is 7.44. The summed E-state index contributed by atoms with van der Waals surface area (Å²) in [7, 11) is 0. The molecule has 0 spiro atoms. The topological polar surface area (TPSA) is 171 Å². The Labute approximate surface area is 208 Å². The first-order valence-electron chi connectivity index (χ1n) is 10.9. The molecule has 10 nitrogen and oxygen atoms in total. The highest BCUT2D eigenvalue weighted by atomic mass is 32.1. The van der Waals surface area contributed by atoms with E-state index in [9.17, 15) is 29.4 Å². The molecule has 0 unspecified atom stereocenters. The summed E-state index contributed by atoms with van der Waals surface area (Å²) in [4.78, 5) is 49.3. The van der Waals surface area contributed by atoms with Crippen LogP contribution in [0.2, 0.25) is 0 Å². The molecule has 2 rings (SSSR count). The third-order valence-electron chi connectivity index (χ3n) is 5.19. The molecule has 11 heteroatoms. The van der Waals surface area contributed by atoms with Gasteiger partial charge < -0.3 is 31.9 Å². The number of nitrogens with two attached hydrogens (primary N) is 1. The van der Waals surface area contributed by atoms with Crippen LogP contribution in [0, 0.1) is 0 Å². The Bertz CT molecular complexity index is 1020. The van der Waals surface area contributed by atoms with E-state index in [1.807, 2.05) is 0 Å². The summed E-state index contributed by atoms with van der Waals surface area (Å²) < 4.78 is 0. The number of aromatic hydroxyl groups is 1. The Morgan fingerprint density at radius 1 is 0.829 bits per heavy atom. The molecule has 0 aliphatic carbocycles. The second-order valence-electron chi connectivity index (χ2n) is 8.04. The van der Waals surface area contributed by atoms with Gasteiger partial charge in [-0.05, 0) is 36.6 Å². The van der Waals surface area contributed by atoms with E-state index in [4.69, 9.17) is 5.73 Å². The number of benzene rings is 2. The summed E-state index contributed by atoms with van der Waals surface area (Å²) in [6.45, 7) is 1.45. The number of hydrogen-bond acceptors (Lipinski definition) is 7. The first-order chi connectivity index (χ1) is 16.6. The van der Waals surface area contributed by atoms with E-state index in [0.717, 1.165) is 11.1 Å². The molecule has 0 saturated heterocycles. The highest BCUT2D eigenvalue weighted by molar-refractivity contribution is 7.80. The van der Waals surface area contributed by atoms with Gasteiger partial charge in [0.2, 0.25) is 17.7 Å². The molecule has 2 aromatic carbocycles. The van der Waals surface area contributed by atoms with E-state index in [1.54, 1.807) is 42.5 Å². The molecule has 4 atom stereocenters. The van der Waals surface area contributed by atoms with Crippen LogP contribution >= 0.6 is 12.6 Å². The van der Waals surface area contributed by atoms with Gasteiger partial charge in [-0.1, -0.05) is 42.5 Å². The van der Waals surface area contributed by atoms with Crippen LogP contribution in [-0.4, -0.2) is 63.8 Å². The number of hydrogen-bond donors (Lipinski definition) is 7. The van der Waals surface area contributed by atoms with Crippen LogP contribution in [0.15, 0.2) is 54.6 Å². The predicted octanol–water partition coefficient (Wildman–Crippen LogP) is -0.00660. The lowest BCUT2D eigenvalue weighted by Crippen LogP contribution is -2.57. The van der Waals surface area contributed by atoms with E-state index in [2.05, 4.69) is 28.6 Å². The molecule has 0 aliphatic rings. The molecular formula is C24H30N4O6S. The normalized spacial score (nSPS) is 14.1. The van der Waals surface area contributed by atoms with Gasteiger partial charge >= 0.3 is 5.97 Å². The molecule has 7 N–H and O–H groups in total. The van der Waals surface area contributed by atoms with Crippen molar-refractivity contribution in [2.45, 2.75) is 43.9 Å². The summed E-state index contributed by atoms with van der Waals surface area (Å²) in [5, 5.41) is 26.0. The second kappa shape index (κ2) is 13.4. The SMILES string of the molecule is C[C@H](NC(=O)[C@@H](N)Cc1ccc(O)cc1)C(=O)N[C@@H](Cc1ccccc1)C(=O)N[C@@H](CS)C(=O)O. The van der Waals surface area contributed by atoms with Crippen molar-refractivity contribution >= 4 is 36.3 Å². The van der Waals surface area contributed by atoms with Crippen molar-refractivity contribution in [3.8, 4) is 5.75 Å². The fourth-order valence-corrected chi connectivity index (χ4v) is 3.43. The van der Waals surface area contributed by atoms with Crippen molar-refractivity contribution in [3.05, 3.63) is 65.7 Å². The summed E-state index contributed by atoms with van der Waals surface area (Å²) in [6, 6.07) is 10.9. The van der Waals surface area contributed by atoms with Crippen molar-refractivity contribution in [1.82, 2.24) is 16.0 Å². The van der Waals surface area contributed by atoms with Crippen LogP contribution < -0.4 is 21.7 Å². The zero-order valence-corrected chi connectivity index (χ0v) is 20.1. The third kappa shape index (κ3) is 8.95. The number of amides is 3. The average molecular weight is 503 g/mol. The number of carboxylic acid groups (broad SMARTS) is 1. The quantitative estimate of drug-likeness (QED) is 0.200. The van der Waals surface area contributed by atoms with E-state index < -0.39 is 47.9 Å². The minimum atomic E-state index is -1.25. The van der Waals surface area contributed by atoms with Gasteiger partial charge in [0, 0.05) is 12.2 Å². The zero-order valence-electron chi connectivity index (χ0n) is 19.2. The molecule has 188 valence electrons. The highest BCUT2D eigenvalue weighted by Crippen LogP contribution is 2.11. The highest BCUT2D eigenvalue weighted by Gasteiger charge is 2.28. The monoisotopic (exact) mass is 502 g/mol. The van der Waals surface area contributed by atoms with Gasteiger partial charge in [-0.15, -0.1) is 0 Å². The smallest absolute Gasteiger partial charge is 0.327 e. The number of phenolic OH excluding ortho intramolecular Hbond substituents is 1. The Hall–Kier alpha value is -3.57. The van der Waals surface area contributed by atoms with E-state index in [1.165, 1.54) is 19.1 Å².